The highest BCUT2D eigenvalue weighted by Gasteiger charge is 2.51. The van der Waals surface area contributed by atoms with E-state index >= 15 is 0 Å². The molecule has 0 aromatic heterocycles. The van der Waals surface area contributed by atoms with Crippen LogP contribution in [-0.2, 0) is 5.41 Å². The summed E-state index contributed by atoms with van der Waals surface area (Å²) in [5, 5.41) is 7.94. The molecule has 0 amide bonds. The minimum Gasteiger partial charge on any atom is -0.0757 e. The fourth-order valence-corrected chi connectivity index (χ4v) is 9.65. The molecule has 3 aliphatic carbocycles. The van der Waals surface area contributed by atoms with Crippen LogP contribution in [0.25, 0.3) is 78.2 Å². The van der Waals surface area contributed by atoms with E-state index < -0.39 is 0 Å². The van der Waals surface area contributed by atoms with Crippen LogP contribution in [0, 0.1) is 0 Å². The van der Waals surface area contributed by atoms with Crippen LogP contribution in [0.5, 0.6) is 0 Å². The Balaban J connectivity index is 1.25. The van der Waals surface area contributed by atoms with E-state index in [0.717, 1.165) is 12.8 Å². The molecule has 0 unspecified atom stereocenters. The van der Waals surface area contributed by atoms with Crippen molar-refractivity contribution in [2.75, 3.05) is 0 Å². The molecule has 0 heteroatoms. The van der Waals surface area contributed by atoms with Crippen molar-refractivity contribution in [1.29, 1.82) is 0 Å². The summed E-state index contributed by atoms with van der Waals surface area (Å²) in [6, 6.07) is 59.3. The molecular formula is C49H32. The Kier molecular flexibility index (Phi) is 5.52. The molecule has 0 heterocycles. The highest BCUT2D eigenvalue weighted by Crippen LogP contribution is 2.63. The Hall–Kier alpha value is -5.98. The Bertz CT molecular complexity index is 2760. The van der Waals surface area contributed by atoms with Crippen LogP contribution in [-0.4, -0.2) is 0 Å². The molecule has 0 fully saturated rings. The van der Waals surface area contributed by atoms with Crippen molar-refractivity contribution in [3.8, 4) is 44.5 Å². The lowest BCUT2D eigenvalue weighted by molar-refractivity contribution is 0.794. The Morgan fingerprint density at radius 1 is 0.347 bits per heavy atom. The first-order valence-electron chi connectivity index (χ1n) is 17.5. The first-order valence-corrected chi connectivity index (χ1v) is 17.5. The SMILES string of the molecule is C1=c2c(-c3ccc4c(c3)C3(c5ccccc5-c5ccccc53)c3ccccc3-4)c3ccccc3c(-c3cccc4ccccc34)c2=CCC1. The average Bonchev–Trinajstić information content (AvgIpc) is 3.64. The van der Waals surface area contributed by atoms with Gasteiger partial charge >= 0.3 is 0 Å². The lowest BCUT2D eigenvalue weighted by Crippen LogP contribution is -2.31. The van der Waals surface area contributed by atoms with Gasteiger partial charge in [0.25, 0.3) is 0 Å². The summed E-state index contributed by atoms with van der Waals surface area (Å²) in [4.78, 5) is 0. The molecule has 0 bridgehead atoms. The van der Waals surface area contributed by atoms with Crippen molar-refractivity contribution in [2.24, 2.45) is 0 Å². The average molecular weight is 621 g/mol. The van der Waals surface area contributed by atoms with Crippen molar-refractivity contribution in [1.82, 2.24) is 0 Å². The lowest BCUT2D eigenvalue weighted by Gasteiger charge is -2.30. The van der Waals surface area contributed by atoms with Gasteiger partial charge in [-0.1, -0.05) is 164 Å². The third kappa shape index (κ3) is 3.48. The molecule has 0 N–H and O–H groups in total. The molecular weight excluding hydrogens is 589 g/mol. The number of hydrogen-bond acceptors (Lipinski definition) is 0. The second-order valence-electron chi connectivity index (χ2n) is 13.8. The van der Waals surface area contributed by atoms with E-state index in [4.69, 9.17) is 0 Å². The topological polar surface area (TPSA) is 0 Å². The third-order valence-corrected chi connectivity index (χ3v) is 11.5. The second kappa shape index (κ2) is 10.0. The van der Waals surface area contributed by atoms with E-state index in [1.807, 2.05) is 0 Å². The smallest absolute Gasteiger partial charge is 0.0725 e. The van der Waals surface area contributed by atoms with Crippen LogP contribution in [0.2, 0.25) is 0 Å². The van der Waals surface area contributed by atoms with E-state index in [2.05, 4.69) is 170 Å². The first kappa shape index (κ1) is 27.0. The molecule has 49 heavy (non-hydrogen) atoms. The van der Waals surface area contributed by atoms with Crippen LogP contribution in [0.1, 0.15) is 35.1 Å². The quantitative estimate of drug-likeness (QED) is 0.180. The number of hydrogen-bond donors (Lipinski definition) is 0. The van der Waals surface area contributed by atoms with E-state index in [0.29, 0.717) is 0 Å². The maximum atomic E-state index is 2.55. The van der Waals surface area contributed by atoms with Gasteiger partial charge in [-0.15, -0.1) is 0 Å². The summed E-state index contributed by atoms with van der Waals surface area (Å²) in [6.45, 7) is 0. The van der Waals surface area contributed by atoms with E-state index in [1.165, 1.54) is 98.7 Å². The molecule has 0 saturated carbocycles. The minimum absolute atomic E-state index is 0.357. The maximum Gasteiger partial charge on any atom is 0.0725 e. The van der Waals surface area contributed by atoms with Crippen molar-refractivity contribution in [2.45, 2.75) is 18.3 Å². The van der Waals surface area contributed by atoms with Crippen molar-refractivity contribution in [3.05, 3.63) is 190 Å². The van der Waals surface area contributed by atoms with E-state index in [1.54, 1.807) is 0 Å². The highest BCUT2D eigenvalue weighted by atomic mass is 14.5. The molecule has 0 atom stereocenters. The zero-order valence-corrected chi connectivity index (χ0v) is 27.1. The molecule has 0 saturated heterocycles. The predicted molar refractivity (Wildman–Crippen MR) is 206 cm³/mol. The van der Waals surface area contributed by atoms with Crippen LogP contribution in [0.15, 0.2) is 158 Å². The summed E-state index contributed by atoms with van der Waals surface area (Å²) < 4.78 is 0. The van der Waals surface area contributed by atoms with Gasteiger partial charge in [-0.05, 0) is 118 Å². The Morgan fingerprint density at radius 2 is 0.816 bits per heavy atom. The standard InChI is InChI=1S/C49H32/c1-2-16-33-31(14-1)15-13-24-38(33)48-41-22-5-3-20-39(41)47(40-21-4-6-23-42(40)48)32-28-29-37-36-19-9-12-27-45(36)49(46(37)30-32)43-25-10-7-17-34(43)35-18-8-11-26-44(35)49/h1-3,5,7-30H,4,6H2. The van der Waals surface area contributed by atoms with Gasteiger partial charge in [0.05, 0.1) is 5.41 Å². The van der Waals surface area contributed by atoms with Crippen molar-refractivity contribution >= 4 is 33.7 Å². The minimum atomic E-state index is -0.357. The summed E-state index contributed by atoms with van der Waals surface area (Å²) in [5.74, 6) is 0. The highest BCUT2D eigenvalue weighted by molar-refractivity contribution is 6.10. The van der Waals surface area contributed by atoms with Crippen molar-refractivity contribution < 1.29 is 0 Å². The summed E-state index contributed by atoms with van der Waals surface area (Å²) in [7, 11) is 0. The second-order valence-corrected chi connectivity index (χ2v) is 13.8. The largest absolute Gasteiger partial charge is 0.0757 e. The van der Waals surface area contributed by atoms with Gasteiger partial charge in [0, 0.05) is 0 Å². The Morgan fingerprint density at radius 3 is 1.47 bits per heavy atom. The van der Waals surface area contributed by atoms with Crippen molar-refractivity contribution in [3.63, 3.8) is 0 Å². The fraction of sp³-hybridized carbons (Fsp3) is 0.0612. The molecule has 8 aromatic rings. The summed E-state index contributed by atoms with van der Waals surface area (Å²) in [5.41, 5.74) is 15.9. The predicted octanol–water partition coefficient (Wildman–Crippen LogP) is 11.0. The fourth-order valence-electron chi connectivity index (χ4n) is 9.65. The molecule has 1 spiro atoms. The van der Waals surface area contributed by atoms with Crippen LogP contribution in [0.3, 0.4) is 0 Å². The first-order chi connectivity index (χ1) is 24.3. The zero-order valence-electron chi connectivity index (χ0n) is 27.1. The van der Waals surface area contributed by atoms with E-state index in [-0.39, 0.29) is 5.41 Å². The number of benzene rings is 8. The molecule has 0 aliphatic heterocycles. The van der Waals surface area contributed by atoms with Crippen LogP contribution >= 0.6 is 0 Å². The zero-order chi connectivity index (χ0) is 32.1. The maximum absolute atomic E-state index is 2.55. The molecule has 8 aromatic carbocycles. The third-order valence-electron chi connectivity index (χ3n) is 11.5. The van der Waals surface area contributed by atoms with E-state index in [9.17, 15) is 0 Å². The summed E-state index contributed by atoms with van der Waals surface area (Å²) >= 11 is 0. The van der Waals surface area contributed by atoms with Gasteiger partial charge in [-0.2, -0.15) is 0 Å². The van der Waals surface area contributed by atoms with Gasteiger partial charge in [0.15, 0.2) is 0 Å². The van der Waals surface area contributed by atoms with Gasteiger partial charge in [-0.3, -0.25) is 0 Å². The normalized spacial score (nSPS) is 14.4. The molecule has 11 rings (SSSR count). The Labute approximate surface area is 286 Å². The van der Waals surface area contributed by atoms with Gasteiger partial charge in [0.1, 0.15) is 0 Å². The molecule has 0 nitrogen and oxygen atoms in total. The van der Waals surface area contributed by atoms with Gasteiger partial charge in [-0.25, -0.2) is 0 Å². The van der Waals surface area contributed by atoms with Gasteiger partial charge in [0.2, 0.25) is 0 Å². The molecule has 0 radical (unpaired) electrons. The number of fused-ring (bicyclic) bond motifs is 13. The van der Waals surface area contributed by atoms with Crippen LogP contribution < -0.4 is 10.4 Å². The summed E-state index contributed by atoms with van der Waals surface area (Å²) in [6.07, 6.45) is 7.10. The van der Waals surface area contributed by atoms with Gasteiger partial charge < -0.3 is 0 Å². The molecule has 3 aliphatic rings. The lowest BCUT2D eigenvalue weighted by atomic mass is 9.70. The number of rotatable bonds is 2. The molecule has 228 valence electrons. The van der Waals surface area contributed by atoms with Crippen LogP contribution in [0.4, 0.5) is 0 Å². The monoisotopic (exact) mass is 620 g/mol.